The van der Waals surface area contributed by atoms with Gasteiger partial charge in [0.15, 0.2) is 6.61 Å². The third-order valence-corrected chi connectivity index (χ3v) is 2.96. The van der Waals surface area contributed by atoms with Crippen LogP contribution in [-0.2, 0) is 4.79 Å². The Morgan fingerprint density at radius 2 is 1.67 bits per heavy atom. The van der Waals surface area contributed by atoms with Gasteiger partial charge in [-0.15, -0.1) is 0 Å². The maximum absolute atomic E-state index is 12.7. The van der Waals surface area contributed by atoms with Crippen LogP contribution in [0, 0.1) is 17.7 Å². The lowest BCUT2D eigenvalue weighted by Crippen LogP contribution is -2.29. The zero-order valence-electron chi connectivity index (χ0n) is 13.3. The van der Waals surface area contributed by atoms with Gasteiger partial charge in [0.2, 0.25) is 0 Å². The van der Waals surface area contributed by atoms with E-state index in [0.717, 1.165) is 5.75 Å². The van der Waals surface area contributed by atoms with E-state index in [9.17, 15) is 9.18 Å². The van der Waals surface area contributed by atoms with Gasteiger partial charge in [-0.05, 0) is 55.5 Å². The molecule has 2 rings (SSSR count). The average molecular weight is 327 g/mol. The van der Waals surface area contributed by atoms with Crippen molar-refractivity contribution in [3.8, 4) is 23.3 Å². The van der Waals surface area contributed by atoms with Crippen LogP contribution in [0.1, 0.15) is 12.5 Å². The van der Waals surface area contributed by atoms with Crippen molar-refractivity contribution in [2.45, 2.75) is 6.92 Å². The SMILES string of the molecule is CCOc1ccc(OCC(=O)NCC#Cc2ccc(F)cc2)cc1. The zero-order chi connectivity index (χ0) is 17.2. The fraction of sp³-hybridized carbons (Fsp3) is 0.211. The van der Waals surface area contributed by atoms with Crippen LogP contribution in [0.4, 0.5) is 4.39 Å². The van der Waals surface area contributed by atoms with E-state index >= 15 is 0 Å². The summed E-state index contributed by atoms with van der Waals surface area (Å²) in [5.41, 5.74) is 0.691. The average Bonchev–Trinajstić information content (AvgIpc) is 2.60. The van der Waals surface area contributed by atoms with Crippen molar-refractivity contribution >= 4 is 5.91 Å². The molecule has 0 heterocycles. The van der Waals surface area contributed by atoms with Crippen LogP contribution in [-0.4, -0.2) is 25.7 Å². The molecule has 124 valence electrons. The first-order valence-electron chi connectivity index (χ1n) is 7.54. The number of nitrogens with one attached hydrogen (secondary N) is 1. The van der Waals surface area contributed by atoms with E-state index in [4.69, 9.17) is 9.47 Å². The Labute approximate surface area is 140 Å². The second-order valence-electron chi connectivity index (χ2n) is 4.78. The van der Waals surface area contributed by atoms with Crippen LogP contribution in [0.5, 0.6) is 11.5 Å². The predicted molar refractivity (Wildman–Crippen MR) is 89.4 cm³/mol. The molecule has 24 heavy (non-hydrogen) atoms. The highest BCUT2D eigenvalue weighted by atomic mass is 19.1. The summed E-state index contributed by atoms with van der Waals surface area (Å²) in [5.74, 6) is 6.40. The van der Waals surface area contributed by atoms with E-state index < -0.39 is 0 Å². The number of ether oxygens (including phenoxy) is 2. The molecule has 0 atom stereocenters. The van der Waals surface area contributed by atoms with Gasteiger partial charge in [-0.25, -0.2) is 4.39 Å². The highest BCUT2D eigenvalue weighted by Crippen LogP contribution is 2.17. The van der Waals surface area contributed by atoms with E-state index in [0.29, 0.717) is 17.9 Å². The number of halogens is 1. The largest absolute Gasteiger partial charge is 0.494 e. The standard InChI is InChI=1S/C19H18FNO3/c1-2-23-17-9-11-18(12-10-17)24-14-19(22)21-13-3-4-15-5-7-16(20)8-6-15/h5-12H,2,13-14H2,1H3,(H,21,22). The van der Waals surface area contributed by atoms with E-state index in [1.165, 1.54) is 12.1 Å². The first-order valence-corrected chi connectivity index (χ1v) is 7.54. The quantitative estimate of drug-likeness (QED) is 0.830. The summed E-state index contributed by atoms with van der Waals surface area (Å²) in [7, 11) is 0. The number of rotatable bonds is 6. The minimum absolute atomic E-state index is 0.0911. The summed E-state index contributed by atoms with van der Waals surface area (Å²) >= 11 is 0. The van der Waals surface area contributed by atoms with Gasteiger partial charge in [0.05, 0.1) is 13.2 Å². The summed E-state index contributed by atoms with van der Waals surface area (Å²) in [6.07, 6.45) is 0. The smallest absolute Gasteiger partial charge is 0.258 e. The number of carbonyl (C=O) groups excluding carboxylic acids is 1. The second kappa shape index (κ2) is 9.21. The monoisotopic (exact) mass is 327 g/mol. The van der Waals surface area contributed by atoms with Crippen LogP contribution < -0.4 is 14.8 Å². The highest BCUT2D eigenvalue weighted by Gasteiger charge is 2.01. The maximum atomic E-state index is 12.7. The first kappa shape index (κ1) is 17.4. The Kier molecular flexibility index (Phi) is 6.66. The Bertz CT molecular complexity index is 715. The molecule has 0 aliphatic carbocycles. The summed E-state index contributed by atoms with van der Waals surface area (Å²) in [4.78, 5) is 11.7. The molecule has 5 heteroatoms. The molecule has 2 aromatic rings. The molecule has 0 aromatic heterocycles. The summed E-state index contributed by atoms with van der Waals surface area (Å²) in [6, 6.07) is 12.9. The van der Waals surface area contributed by atoms with Crippen molar-refractivity contribution in [3.63, 3.8) is 0 Å². The number of hydrogen-bond donors (Lipinski definition) is 1. The molecule has 0 saturated carbocycles. The molecule has 4 nitrogen and oxygen atoms in total. The molecule has 0 fully saturated rings. The predicted octanol–water partition coefficient (Wildman–Crippen LogP) is 2.77. The fourth-order valence-electron chi connectivity index (χ4n) is 1.82. The van der Waals surface area contributed by atoms with Crippen molar-refractivity contribution in [1.29, 1.82) is 0 Å². The summed E-state index contributed by atoms with van der Waals surface area (Å²) < 4.78 is 23.4. The number of benzene rings is 2. The van der Waals surface area contributed by atoms with Crippen LogP contribution in [0.15, 0.2) is 48.5 Å². The van der Waals surface area contributed by atoms with Gasteiger partial charge >= 0.3 is 0 Å². The van der Waals surface area contributed by atoms with Gasteiger partial charge in [0.25, 0.3) is 5.91 Å². The summed E-state index contributed by atoms with van der Waals surface area (Å²) in [6.45, 7) is 2.62. The van der Waals surface area contributed by atoms with Crippen molar-refractivity contribution in [3.05, 3.63) is 59.9 Å². The number of hydrogen-bond acceptors (Lipinski definition) is 3. The van der Waals surface area contributed by atoms with Gasteiger partial charge in [0.1, 0.15) is 17.3 Å². The number of amides is 1. The first-order chi connectivity index (χ1) is 11.7. The van der Waals surface area contributed by atoms with Gasteiger partial charge < -0.3 is 14.8 Å². The maximum Gasteiger partial charge on any atom is 0.258 e. The third kappa shape index (κ3) is 6.01. The second-order valence-corrected chi connectivity index (χ2v) is 4.78. The van der Waals surface area contributed by atoms with Gasteiger partial charge in [0, 0.05) is 5.56 Å². The molecule has 0 radical (unpaired) electrons. The van der Waals surface area contributed by atoms with Gasteiger partial charge in [-0.2, -0.15) is 0 Å². The normalized spacial score (nSPS) is 9.58. The van der Waals surface area contributed by atoms with E-state index in [1.807, 2.05) is 6.92 Å². The lowest BCUT2D eigenvalue weighted by atomic mass is 10.2. The van der Waals surface area contributed by atoms with Gasteiger partial charge in [-0.3, -0.25) is 4.79 Å². The van der Waals surface area contributed by atoms with E-state index in [2.05, 4.69) is 17.2 Å². The molecular formula is C19H18FNO3. The van der Waals surface area contributed by atoms with Crippen molar-refractivity contribution in [1.82, 2.24) is 5.32 Å². The minimum Gasteiger partial charge on any atom is -0.494 e. The molecule has 0 aliphatic rings. The van der Waals surface area contributed by atoms with Crippen LogP contribution in [0.2, 0.25) is 0 Å². The molecule has 0 bridgehead atoms. The van der Waals surface area contributed by atoms with Crippen molar-refractivity contribution in [2.24, 2.45) is 0 Å². The molecule has 1 N–H and O–H groups in total. The van der Waals surface area contributed by atoms with Crippen LogP contribution in [0.3, 0.4) is 0 Å². The molecule has 0 aliphatic heterocycles. The van der Waals surface area contributed by atoms with E-state index in [-0.39, 0.29) is 24.9 Å². The zero-order valence-corrected chi connectivity index (χ0v) is 13.3. The Balaban J connectivity index is 1.71. The minimum atomic E-state index is -0.305. The lowest BCUT2D eigenvalue weighted by Gasteiger charge is -2.07. The van der Waals surface area contributed by atoms with Gasteiger partial charge in [-0.1, -0.05) is 11.8 Å². The van der Waals surface area contributed by atoms with Crippen LogP contribution in [0.25, 0.3) is 0 Å². The summed E-state index contributed by atoms with van der Waals surface area (Å²) in [5, 5.41) is 2.63. The number of carbonyl (C=O) groups is 1. The molecule has 0 spiro atoms. The molecule has 2 aromatic carbocycles. The highest BCUT2D eigenvalue weighted by molar-refractivity contribution is 5.77. The Morgan fingerprint density at radius 1 is 1.04 bits per heavy atom. The topological polar surface area (TPSA) is 47.6 Å². The van der Waals surface area contributed by atoms with E-state index in [1.54, 1.807) is 36.4 Å². The van der Waals surface area contributed by atoms with Crippen LogP contribution >= 0.6 is 0 Å². The Hall–Kier alpha value is -3.00. The lowest BCUT2D eigenvalue weighted by molar-refractivity contribution is -0.122. The fourth-order valence-corrected chi connectivity index (χ4v) is 1.82. The molecule has 0 saturated heterocycles. The Morgan fingerprint density at radius 3 is 2.29 bits per heavy atom. The molecular weight excluding hydrogens is 309 g/mol. The van der Waals surface area contributed by atoms with Crippen molar-refractivity contribution < 1.29 is 18.7 Å². The molecule has 1 amide bonds. The molecule has 0 unspecified atom stereocenters. The van der Waals surface area contributed by atoms with Crippen molar-refractivity contribution in [2.75, 3.05) is 19.8 Å². The third-order valence-electron chi connectivity index (χ3n) is 2.96.